The molecule has 0 amide bonds. The van der Waals surface area contributed by atoms with E-state index in [1.54, 1.807) is 13.3 Å². The standard InChI is InChI=1S/C24H29N5O3/c1-31-22-6-3-2-5-20(22)28-12-10-27(11-13-28)9-4-14-32-19-15-18-16-26-23-21(30)7-8-25-24(23)29(18)17-19/h2-3,5-8,15-16,18H,4,9-14,17H2,1H3,(H,25,30). The van der Waals surface area contributed by atoms with Crippen molar-refractivity contribution in [1.82, 2.24) is 9.88 Å². The molecule has 1 saturated heterocycles. The number of fused-ring (bicyclic) bond motifs is 3. The van der Waals surface area contributed by atoms with Crippen LogP contribution in [0.25, 0.3) is 0 Å². The van der Waals surface area contributed by atoms with Crippen LogP contribution in [0.4, 0.5) is 17.2 Å². The zero-order chi connectivity index (χ0) is 21.9. The summed E-state index contributed by atoms with van der Waals surface area (Å²) in [7, 11) is 1.73. The van der Waals surface area contributed by atoms with Gasteiger partial charge in [-0.3, -0.25) is 14.7 Å². The lowest BCUT2D eigenvalue weighted by molar-refractivity contribution is 0.178. The number of para-hydroxylation sites is 2. The maximum atomic E-state index is 12.0. The van der Waals surface area contributed by atoms with Crippen LogP contribution in [0.2, 0.25) is 0 Å². The lowest BCUT2D eigenvalue weighted by Crippen LogP contribution is -2.46. The predicted molar refractivity (Wildman–Crippen MR) is 127 cm³/mol. The minimum atomic E-state index is -0.0615. The molecule has 8 heteroatoms. The molecule has 0 radical (unpaired) electrons. The van der Waals surface area contributed by atoms with E-state index in [1.165, 1.54) is 11.8 Å². The molecule has 0 saturated carbocycles. The van der Waals surface area contributed by atoms with Gasteiger partial charge in [0.15, 0.2) is 5.69 Å². The molecule has 1 atom stereocenters. The van der Waals surface area contributed by atoms with Crippen molar-refractivity contribution in [2.24, 2.45) is 4.99 Å². The van der Waals surface area contributed by atoms with E-state index in [0.29, 0.717) is 18.8 Å². The molecule has 0 bridgehead atoms. The van der Waals surface area contributed by atoms with E-state index >= 15 is 0 Å². The summed E-state index contributed by atoms with van der Waals surface area (Å²) < 4.78 is 11.6. The van der Waals surface area contributed by atoms with Crippen LogP contribution >= 0.6 is 0 Å². The van der Waals surface area contributed by atoms with Gasteiger partial charge in [0.05, 0.1) is 32.0 Å². The quantitative estimate of drug-likeness (QED) is 0.674. The average Bonchev–Trinajstić information content (AvgIpc) is 3.26. The van der Waals surface area contributed by atoms with E-state index in [9.17, 15) is 4.79 Å². The Balaban J connectivity index is 1.06. The number of aromatic nitrogens is 1. The zero-order valence-electron chi connectivity index (χ0n) is 18.4. The van der Waals surface area contributed by atoms with Crippen LogP contribution < -0.4 is 20.0 Å². The molecule has 1 aromatic carbocycles. The Kier molecular flexibility index (Phi) is 5.85. The third-order valence-electron chi connectivity index (χ3n) is 6.30. The van der Waals surface area contributed by atoms with E-state index < -0.39 is 0 Å². The third-order valence-corrected chi connectivity index (χ3v) is 6.30. The first kappa shape index (κ1) is 20.6. The molecule has 32 heavy (non-hydrogen) atoms. The molecule has 1 aromatic heterocycles. The van der Waals surface area contributed by atoms with Crippen molar-refractivity contribution in [2.45, 2.75) is 12.5 Å². The molecule has 5 rings (SSSR count). The van der Waals surface area contributed by atoms with Gasteiger partial charge in [0.1, 0.15) is 17.3 Å². The number of nitrogens with one attached hydrogen (secondary N) is 1. The minimum absolute atomic E-state index is 0.0404. The van der Waals surface area contributed by atoms with Crippen molar-refractivity contribution in [3.8, 4) is 5.75 Å². The Morgan fingerprint density at radius 3 is 2.84 bits per heavy atom. The number of hydrogen-bond donors (Lipinski definition) is 1. The molecular formula is C24H29N5O3. The van der Waals surface area contributed by atoms with Crippen LogP contribution in [-0.4, -0.2) is 75.1 Å². The van der Waals surface area contributed by atoms with Crippen molar-refractivity contribution >= 4 is 23.4 Å². The fourth-order valence-electron chi connectivity index (χ4n) is 4.60. The molecule has 3 aliphatic rings. The maximum absolute atomic E-state index is 12.0. The fourth-order valence-corrected chi connectivity index (χ4v) is 4.60. The fraction of sp³-hybridized carbons (Fsp3) is 0.417. The van der Waals surface area contributed by atoms with Crippen molar-refractivity contribution in [2.75, 3.05) is 62.8 Å². The van der Waals surface area contributed by atoms with Gasteiger partial charge in [0, 0.05) is 51.2 Å². The topological polar surface area (TPSA) is 73.4 Å². The summed E-state index contributed by atoms with van der Waals surface area (Å²) in [5, 5.41) is 0. The van der Waals surface area contributed by atoms with Crippen LogP contribution in [0.3, 0.4) is 0 Å². The van der Waals surface area contributed by atoms with Gasteiger partial charge in [-0.25, -0.2) is 0 Å². The predicted octanol–water partition coefficient (Wildman–Crippen LogP) is 2.40. The highest BCUT2D eigenvalue weighted by molar-refractivity contribution is 5.85. The maximum Gasteiger partial charge on any atom is 0.209 e. The Labute approximate surface area is 187 Å². The SMILES string of the molecule is COc1ccccc1N1CCN(CCCOC2=CC3C=Nc4c([nH]ccc4=O)N3C2)CC1. The number of ether oxygens (including phenoxy) is 2. The monoisotopic (exact) mass is 435 g/mol. The van der Waals surface area contributed by atoms with Gasteiger partial charge in [-0.1, -0.05) is 12.1 Å². The number of H-pyrrole nitrogens is 1. The third kappa shape index (κ3) is 4.10. The first-order chi connectivity index (χ1) is 15.7. The lowest BCUT2D eigenvalue weighted by atomic mass is 10.2. The molecular weight excluding hydrogens is 406 g/mol. The number of aliphatic imine (C=N–C) groups is 1. The second-order valence-corrected chi connectivity index (χ2v) is 8.27. The summed E-state index contributed by atoms with van der Waals surface area (Å²) in [6, 6.07) is 9.77. The number of pyridine rings is 1. The Hall–Kier alpha value is -3.26. The van der Waals surface area contributed by atoms with Gasteiger partial charge >= 0.3 is 0 Å². The molecule has 4 heterocycles. The number of nitrogens with zero attached hydrogens (tertiary/aromatic N) is 4. The Bertz CT molecular complexity index is 1070. The molecule has 1 unspecified atom stereocenters. The van der Waals surface area contributed by atoms with Crippen LogP contribution in [0.1, 0.15) is 6.42 Å². The molecule has 8 nitrogen and oxygen atoms in total. The van der Waals surface area contributed by atoms with E-state index in [4.69, 9.17) is 9.47 Å². The highest BCUT2D eigenvalue weighted by Gasteiger charge is 2.30. The summed E-state index contributed by atoms with van der Waals surface area (Å²) in [5.41, 5.74) is 1.59. The van der Waals surface area contributed by atoms with Gasteiger partial charge < -0.3 is 24.3 Å². The van der Waals surface area contributed by atoms with Crippen LogP contribution in [0.5, 0.6) is 5.75 Å². The summed E-state index contributed by atoms with van der Waals surface area (Å²) in [5.74, 6) is 2.65. The summed E-state index contributed by atoms with van der Waals surface area (Å²) >= 11 is 0. The van der Waals surface area contributed by atoms with E-state index in [2.05, 4.69) is 42.9 Å². The lowest BCUT2D eigenvalue weighted by Gasteiger charge is -2.36. The highest BCUT2D eigenvalue weighted by Crippen LogP contribution is 2.32. The number of anilines is 2. The molecule has 1 fully saturated rings. The van der Waals surface area contributed by atoms with E-state index in [0.717, 1.165) is 56.5 Å². The van der Waals surface area contributed by atoms with Crippen LogP contribution in [0, 0.1) is 0 Å². The molecule has 1 N–H and O–H groups in total. The van der Waals surface area contributed by atoms with Gasteiger partial charge in [0.2, 0.25) is 5.43 Å². The van der Waals surface area contributed by atoms with Gasteiger partial charge in [-0.2, -0.15) is 0 Å². The Morgan fingerprint density at radius 1 is 1.16 bits per heavy atom. The van der Waals surface area contributed by atoms with Crippen molar-refractivity contribution in [1.29, 1.82) is 0 Å². The second kappa shape index (κ2) is 9.08. The number of hydrogen-bond acceptors (Lipinski definition) is 7. The Morgan fingerprint density at radius 2 is 2.00 bits per heavy atom. The van der Waals surface area contributed by atoms with Gasteiger partial charge in [0.25, 0.3) is 0 Å². The largest absolute Gasteiger partial charge is 0.496 e. The minimum Gasteiger partial charge on any atom is -0.496 e. The number of rotatable bonds is 7. The van der Waals surface area contributed by atoms with E-state index in [1.807, 2.05) is 18.3 Å². The normalized spacial score (nSPS) is 20.0. The molecule has 3 aliphatic heterocycles. The first-order valence-electron chi connectivity index (χ1n) is 11.2. The number of aromatic amines is 1. The van der Waals surface area contributed by atoms with Crippen molar-refractivity contribution < 1.29 is 9.47 Å². The second-order valence-electron chi connectivity index (χ2n) is 8.27. The van der Waals surface area contributed by atoms with Crippen molar-refractivity contribution in [3.63, 3.8) is 0 Å². The molecule has 0 spiro atoms. The molecule has 0 aliphatic carbocycles. The number of piperazine rings is 1. The average molecular weight is 436 g/mol. The van der Waals surface area contributed by atoms with Gasteiger partial charge in [-0.15, -0.1) is 0 Å². The number of benzene rings is 1. The van der Waals surface area contributed by atoms with E-state index in [-0.39, 0.29) is 11.5 Å². The zero-order valence-corrected chi connectivity index (χ0v) is 18.4. The van der Waals surface area contributed by atoms with Crippen molar-refractivity contribution in [3.05, 3.63) is 58.6 Å². The molecule has 2 aromatic rings. The van der Waals surface area contributed by atoms with Gasteiger partial charge in [-0.05, 0) is 24.6 Å². The first-order valence-corrected chi connectivity index (χ1v) is 11.2. The summed E-state index contributed by atoms with van der Waals surface area (Å²) in [4.78, 5) is 26.5. The summed E-state index contributed by atoms with van der Waals surface area (Å²) in [6.07, 6.45) is 6.56. The van der Waals surface area contributed by atoms with Crippen LogP contribution in [-0.2, 0) is 4.74 Å². The smallest absolute Gasteiger partial charge is 0.209 e. The summed E-state index contributed by atoms with van der Waals surface area (Å²) in [6.45, 7) is 6.45. The van der Waals surface area contributed by atoms with Crippen LogP contribution in [0.15, 0.2) is 58.2 Å². The number of methoxy groups -OCH3 is 1. The molecule has 168 valence electrons. The highest BCUT2D eigenvalue weighted by atomic mass is 16.5.